The quantitative estimate of drug-likeness (QED) is 0.650. The molecule has 0 N–H and O–H groups in total. The van der Waals surface area contributed by atoms with Gasteiger partial charge in [0.15, 0.2) is 0 Å². The molecule has 1 aromatic carbocycles. The lowest BCUT2D eigenvalue weighted by Gasteiger charge is -2.02. The van der Waals surface area contributed by atoms with Crippen molar-refractivity contribution in [3.8, 4) is 0 Å². The van der Waals surface area contributed by atoms with Gasteiger partial charge in [-0.3, -0.25) is 0 Å². The number of aryl methyl sites for hydroxylation is 1. The highest BCUT2D eigenvalue weighted by Crippen LogP contribution is 2.21. The molecule has 0 atom stereocenters. The Morgan fingerprint density at radius 1 is 1.31 bits per heavy atom. The van der Waals surface area contributed by atoms with Crippen LogP contribution in [0, 0.1) is 0 Å². The summed E-state index contributed by atoms with van der Waals surface area (Å²) in [6, 6.07) is 5.99. The van der Waals surface area contributed by atoms with Gasteiger partial charge in [-0.15, -0.1) is 0 Å². The van der Waals surface area contributed by atoms with Crippen molar-refractivity contribution in [2.24, 2.45) is 0 Å². The molecule has 3 heteroatoms. The molecule has 0 aliphatic carbocycles. The van der Waals surface area contributed by atoms with Gasteiger partial charge in [0.05, 0.1) is 5.52 Å². The fourth-order valence-corrected chi connectivity index (χ4v) is 1.60. The summed E-state index contributed by atoms with van der Waals surface area (Å²) in [5.74, 6) is 0. The molecule has 0 spiro atoms. The van der Waals surface area contributed by atoms with Gasteiger partial charge in [-0.1, -0.05) is 30.7 Å². The second kappa shape index (κ2) is 3.30. The Morgan fingerprint density at radius 2 is 2.15 bits per heavy atom. The van der Waals surface area contributed by atoms with Crippen LogP contribution in [0.25, 0.3) is 10.9 Å². The summed E-state index contributed by atoms with van der Waals surface area (Å²) in [4.78, 5) is 8.15. The third-order valence-corrected chi connectivity index (χ3v) is 2.38. The zero-order valence-electron chi connectivity index (χ0n) is 7.29. The van der Waals surface area contributed by atoms with E-state index >= 15 is 0 Å². The average molecular weight is 193 g/mol. The maximum atomic E-state index is 5.93. The standard InChI is InChI=1S/C10H9ClN2/c1-2-7-4-3-5-8-9(7)12-6-13-10(8)11/h3-6H,2H2,1H3. The summed E-state index contributed by atoms with van der Waals surface area (Å²) in [6.07, 6.45) is 2.47. The molecule has 2 nitrogen and oxygen atoms in total. The predicted octanol–water partition coefficient (Wildman–Crippen LogP) is 2.85. The van der Waals surface area contributed by atoms with Crippen LogP contribution in [0.15, 0.2) is 24.5 Å². The molecule has 2 aromatic rings. The Bertz CT molecular complexity index is 440. The zero-order valence-corrected chi connectivity index (χ0v) is 8.04. The van der Waals surface area contributed by atoms with Gasteiger partial charge in [-0.2, -0.15) is 0 Å². The van der Waals surface area contributed by atoms with Crippen LogP contribution >= 0.6 is 11.6 Å². The highest BCUT2D eigenvalue weighted by molar-refractivity contribution is 6.34. The van der Waals surface area contributed by atoms with Crippen LogP contribution in [0.3, 0.4) is 0 Å². The molecule has 0 aliphatic rings. The van der Waals surface area contributed by atoms with Crippen molar-refractivity contribution >= 4 is 22.5 Å². The molecular formula is C10H9ClN2. The number of para-hydroxylation sites is 1. The number of hydrogen-bond acceptors (Lipinski definition) is 2. The molecule has 1 heterocycles. The molecule has 0 amide bonds. The van der Waals surface area contributed by atoms with E-state index in [0.717, 1.165) is 17.3 Å². The molecule has 0 radical (unpaired) electrons. The average Bonchev–Trinajstić information content (AvgIpc) is 2.18. The summed E-state index contributed by atoms with van der Waals surface area (Å²) in [7, 11) is 0. The number of fused-ring (bicyclic) bond motifs is 1. The largest absolute Gasteiger partial charge is 0.236 e. The second-order valence-corrected chi connectivity index (χ2v) is 3.19. The summed E-state index contributed by atoms with van der Waals surface area (Å²) in [5.41, 5.74) is 2.17. The van der Waals surface area contributed by atoms with E-state index in [1.807, 2.05) is 12.1 Å². The molecule has 0 fully saturated rings. The van der Waals surface area contributed by atoms with Crippen molar-refractivity contribution in [3.05, 3.63) is 35.2 Å². The molecule has 2 rings (SSSR count). The van der Waals surface area contributed by atoms with Gasteiger partial charge in [-0.25, -0.2) is 9.97 Å². The van der Waals surface area contributed by atoms with Crippen LogP contribution in [0.5, 0.6) is 0 Å². The van der Waals surface area contributed by atoms with Crippen molar-refractivity contribution in [2.75, 3.05) is 0 Å². The highest BCUT2D eigenvalue weighted by atomic mass is 35.5. The minimum Gasteiger partial charge on any atom is -0.236 e. The molecule has 1 aromatic heterocycles. The van der Waals surface area contributed by atoms with Crippen LogP contribution in [0.4, 0.5) is 0 Å². The fraction of sp³-hybridized carbons (Fsp3) is 0.200. The van der Waals surface area contributed by atoms with Gasteiger partial charge < -0.3 is 0 Å². The van der Waals surface area contributed by atoms with E-state index in [1.165, 1.54) is 11.9 Å². The lowest BCUT2D eigenvalue weighted by Crippen LogP contribution is -1.89. The van der Waals surface area contributed by atoms with Gasteiger partial charge in [0, 0.05) is 5.39 Å². The van der Waals surface area contributed by atoms with Crippen molar-refractivity contribution in [3.63, 3.8) is 0 Å². The Hall–Kier alpha value is -1.15. The van der Waals surface area contributed by atoms with E-state index in [-0.39, 0.29) is 0 Å². The first kappa shape index (κ1) is 8.45. The zero-order chi connectivity index (χ0) is 9.26. The van der Waals surface area contributed by atoms with Crippen molar-refractivity contribution in [1.82, 2.24) is 9.97 Å². The van der Waals surface area contributed by atoms with E-state index in [2.05, 4.69) is 23.0 Å². The highest BCUT2D eigenvalue weighted by Gasteiger charge is 2.03. The van der Waals surface area contributed by atoms with Crippen LogP contribution in [0.2, 0.25) is 5.15 Å². The number of rotatable bonds is 1. The van der Waals surface area contributed by atoms with Crippen molar-refractivity contribution in [1.29, 1.82) is 0 Å². The van der Waals surface area contributed by atoms with E-state index in [4.69, 9.17) is 11.6 Å². The third kappa shape index (κ3) is 1.38. The smallest absolute Gasteiger partial charge is 0.140 e. The van der Waals surface area contributed by atoms with Crippen LogP contribution in [0.1, 0.15) is 12.5 Å². The van der Waals surface area contributed by atoms with E-state index in [9.17, 15) is 0 Å². The predicted molar refractivity (Wildman–Crippen MR) is 53.9 cm³/mol. The van der Waals surface area contributed by atoms with Crippen molar-refractivity contribution in [2.45, 2.75) is 13.3 Å². The molecule has 66 valence electrons. The van der Waals surface area contributed by atoms with E-state index in [0.29, 0.717) is 5.15 Å². The van der Waals surface area contributed by atoms with Gasteiger partial charge >= 0.3 is 0 Å². The topological polar surface area (TPSA) is 25.8 Å². The minimum absolute atomic E-state index is 0.528. The van der Waals surface area contributed by atoms with Gasteiger partial charge in [0.1, 0.15) is 11.5 Å². The van der Waals surface area contributed by atoms with E-state index < -0.39 is 0 Å². The van der Waals surface area contributed by atoms with Crippen LogP contribution in [-0.4, -0.2) is 9.97 Å². The number of nitrogens with zero attached hydrogens (tertiary/aromatic N) is 2. The Labute approximate surface area is 81.6 Å². The monoisotopic (exact) mass is 192 g/mol. The summed E-state index contributed by atoms with van der Waals surface area (Å²) < 4.78 is 0. The summed E-state index contributed by atoms with van der Waals surface area (Å²) in [5, 5.41) is 1.46. The Kier molecular flexibility index (Phi) is 2.15. The number of benzene rings is 1. The molecule has 13 heavy (non-hydrogen) atoms. The summed E-state index contributed by atoms with van der Waals surface area (Å²) in [6.45, 7) is 2.10. The Balaban J connectivity index is 2.84. The normalized spacial score (nSPS) is 10.6. The number of hydrogen-bond donors (Lipinski definition) is 0. The lowest BCUT2D eigenvalue weighted by molar-refractivity contribution is 1.13. The first-order chi connectivity index (χ1) is 6.33. The number of aromatic nitrogens is 2. The first-order valence-electron chi connectivity index (χ1n) is 4.21. The van der Waals surface area contributed by atoms with Crippen LogP contribution < -0.4 is 0 Å². The van der Waals surface area contributed by atoms with Crippen LogP contribution in [-0.2, 0) is 6.42 Å². The maximum Gasteiger partial charge on any atom is 0.140 e. The molecule has 0 saturated carbocycles. The van der Waals surface area contributed by atoms with Crippen molar-refractivity contribution < 1.29 is 0 Å². The SMILES string of the molecule is CCc1cccc2c(Cl)ncnc12. The molecule has 0 bridgehead atoms. The van der Waals surface area contributed by atoms with Gasteiger partial charge in [0.2, 0.25) is 0 Å². The van der Waals surface area contributed by atoms with Gasteiger partial charge in [0.25, 0.3) is 0 Å². The maximum absolute atomic E-state index is 5.93. The fourth-order valence-electron chi connectivity index (χ4n) is 1.40. The van der Waals surface area contributed by atoms with Gasteiger partial charge in [-0.05, 0) is 18.1 Å². The minimum atomic E-state index is 0.528. The first-order valence-corrected chi connectivity index (χ1v) is 4.59. The lowest BCUT2D eigenvalue weighted by atomic mass is 10.1. The Morgan fingerprint density at radius 3 is 2.92 bits per heavy atom. The molecule has 0 aliphatic heterocycles. The van der Waals surface area contributed by atoms with E-state index in [1.54, 1.807) is 0 Å². The molecule has 0 saturated heterocycles. The second-order valence-electron chi connectivity index (χ2n) is 2.83. The third-order valence-electron chi connectivity index (χ3n) is 2.08. The summed E-state index contributed by atoms with van der Waals surface area (Å²) >= 11 is 5.93. The molecule has 0 unspecified atom stereocenters. The molecular weight excluding hydrogens is 184 g/mol. The number of halogens is 1.